The van der Waals surface area contributed by atoms with E-state index in [1.54, 1.807) is 0 Å². The fraction of sp³-hybridized carbons (Fsp3) is 0.375. The smallest absolute Gasteiger partial charge is 0.227 e. The van der Waals surface area contributed by atoms with E-state index in [9.17, 15) is 0 Å². The summed E-state index contributed by atoms with van der Waals surface area (Å²) in [4.78, 5) is 9.41. The molecular formula is C8H13N9O2. The molecule has 0 aromatic carbocycles. The summed E-state index contributed by atoms with van der Waals surface area (Å²) >= 11 is 0. The Morgan fingerprint density at radius 1 is 1.37 bits per heavy atom. The van der Waals surface area contributed by atoms with Gasteiger partial charge < -0.3 is 22.4 Å². The first-order chi connectivity index (χ1) is 9.13. The van der Waals surface area contributed by atoms with Crippen molar-refractivity contribution in [3.8, 4) is 0 Å². The Balaban J connectivity index is 2.26. The maximum Gasteiger partial charge on any atom is 0.227 e. The normalized spacial score (nSPS) is 17.5. The summed E-state index contributed by atoms with van der Waals surface area (Å²) in [7, 11) is 0. The molecule has 0 saturated carbocycles. The Bertz CT molecular complexity index is 546. The summed E-state index contributed by atoms with van der Waals surface area (Å²) in [6.45, 7) is 1.20. The van der Waals surface area contributed by atoms with Gasteiger partial charge in [0.15, 0.2) is 17.5 Å². The fourth-order valence-electron chi connectivity index (χ4n) is 1.50. The average molecular weight is 267 g/mol. The predicted octanol–water partition coefficient (Wildman–Crippen LogP) is -1.88. The van der Waals surface area contributed by atoms with E-state index in [0.29, 0.717) is 13.1 Å². The van der Waals surface area contributed by atoms with Gasteiger partial charge in [-0.3, -0.25) is 9.89 Å². The predicted molar refractivity (Wildman–Crippen MR) is 66.5 cm³/mol. The third kappa shape index (κ3) is 2.53. The summed E-state index contributed by atoms with van der Waals surface area (Å²) < 4.78 is 4.39. The minimum absolute atomic E-state index is 0.0103. The van der Waals surface area contributed by atoms with Crippen LogP contribution in [0.25, 0.3) is 0 Å². The van der Waals surface area contributed by atoms with Crippen LogP contribution in [0.3, 0.4) is 0 Å². The fourth-order valence-corrected chi connectivity index (χ4v) is 1.50. The van der Waals surface area contributed by atoms with Gasteiger partial charge in [-0.15, -0.1) is 0 Å². The topological polar surface area (TPSA) is 178 Å². The highest BCUT2D eigenvalue weighted by atomic mass is 16.6. The van der Waals surface area contributed by atoms with Gasteiger partial charge in [-0.1, -0.05) is 5.16 Å². The van der Waals surface area contributed by atoms with E-state index in [2.05, 4.69) is 30.1 Å². The third-order valence-corrected chi connectivity index (χ3v) is 2.41. The molecule has 1 aliphatic rings. The van der Waals surface area contributed by atoms with Crippen LogP contribution in [0.15, 0.2) is 19.8 Å². The maximum absolute atomic E-state index is 8.92. The van der Waals surface area contributed by atoms with Crippen molar-refractivity contribution in [2.45, 2.75) is 6.42 Å². The molecule has 0 unspecified atom stereocenters. The molecule has 0 bridgehead atoms. The van der Waals surface area contributed by atoms with Crippen LogP contribution in [0.4, 0.5) is 5.82 Å². The number of nitrogens with zero attached hydrogens (tertiary/aromatic N) is 6. The number of nitrogens with two attached hydrogens (primary N) is 3. The number of amidine groups is 1. The number of rotatable bonds is 1. The Hall–Kier alpha value is -2.85. The van der Waals surface area contributed by atoms with E-state index in [1.807, 2.05) is 0 Å². The van der Waals surface area contributed by atoms with Gasteiger partial charge in [-0.2, -0.15) is 4.99 Å². The van der Waals surface area contributed by atoms with Crippen LogP contribution in [0.2, 0.25) is 0 Å². The quantitative estimate of drug-likeness (QED) is 0.197. The van der Waals surface area contributed by atoms with Gasteiger partial charge in [0.25, 0.3) is 0 Å². The first-order valence-corrected chi connectivity index (χ1v) is 5.35. The van der Waals surface area contributed by atoms with Gasteiger partial charge in [0.1, 0.15) is 0 Å². The van der Waals surface area contributed by atoms with Gasteiger partial charge in [0.05, 0.1) is 0 Å². The summed E-state index contributed by atoms with van der Waals surface area (Å²) in [5, 5.41) is 18.7. The standard InChI is InChI=1S/C8H13N9O2/c9-5-4(15-19-16-5)6(14-18)13-8(11)17-3-1-2-12-7(17)10/h18H,1-3H2,(H2,9,16)(H2,10,12)(H2,11,13,14). The van der Waals surface area contributed by atoms with Crippen LogP contribution in [0, 0.1) is 0 Å². The second kappa shape index (κ2) is 5.20. The lowest BCUT2D eigenvalue weighted by atomic mass is 10.3. The van der Waals surface area contributed by atoms with Crippen molar-refractivity contribution in [3.63, 3.8) is 0 Å². The molecule has 19 heavy (non-hydrogen) atoms. The zero-order valence-corrected chi connectivity index (χ0v) is 9.89. The second-order valence-corrected chi connectivity index (χ2v) is 3.64. The van der Waals surface area contributed by atoms with E-state index < -0.39 is 0 Å². The maximum atomic E-state index is 8.92. The van der Waals surface area contributed by atoms with Crippen molar-refractivity contribution in [2.24, 2.45) is 26.6 Å². The molecule has 2 heterocycles. The highest BCUT2D eigenvalue weighted by molar-refractivity contribution is 6.09. The lowest BCUT2D eigenvalue weighted by Crippen LogP contribution is -2.49. The van der Waals surface area contributed by atoms with Gasteiger partial charge in [-0.25, -0.2) is 4.63 Å². The Morgan fingerprint density at radius 2 is 2.16 bits per heavy atom. The number of nitrogen functional groups attached to an aromatic ring is 1. The summed E-state index contributed by atoms with van der Waals surface area (Å²) in [5.74, 6) is -0.0357. The second-order valence-electron chi connectivity index (χ2n) is 3.64. The molecule has 0 saturated heterocycles. The van der Waals surface area contributed by atoms with E-state index in [4.69, 9.17) is 22.4 Å². The lowest BCUT2D eigenvalue weighted by molar-refractivity contribution is 0.305. The molecule has 1 aliphatic heterocycles. The van der Waals surface area contributed by atoms with Crippen molar-refractivity contribution in [3.05, 3.63) is 5.69 Å². The number of guanidine groups is 2. The van der Waals surface area contributed by atoms with E-state index in [1.165, 1.54) is 4.90 Å². The Labute approximate surface area is 107 Å². The molecule has 2 rings (SSSR count). The molecule has 7 N–H and O–H groups in total. The molecule has 0 fully saturated rings. The average Bonchev–Trinajstić information content (AvgIpc) is 2.82. The lowest BCUT2D eigenvalue weighted by Gasteiger charge is -2.25. The molecule has 1 aromatic heterocycles. The molecular weight excluding hydrogens is 254 g/mol. The van der Waals surface area contributed by atoms with Gasteiger partial charge in [0.2, 0.25) is 11.8 Å². The van der Waals surface area contributed by atoms with Crippen LogP contribution < -0.4 is 17.2 Å². The Morgan fingerprint density at radius 3 is 2.74 bits per heavy atom. The zero-order valence-electron chi connectivity index (χ0n) is 9.89. The Kier molecular flexibility index (Phi) is 3.45. The van der Waals surface area contributed by atoms with Crippen molar-refractivity contribution < 1.29 is 9.84 Å². The SMILES string of the molecule is NC1=NCCCN1C(N)=N/C(=N/O)c1nonc1N. The first kappa shape index (κ1) is 12.6. The van der Waals surface area contributed by atoms with Gasteiger partial charge in [0, 0.05) is 13.1 Å². The first-order valence-electron chi connectivity index (χ1n) is 5.35. The van der Waals surface area contributed by atoms with Gasteiger partial charge >= 0.3 is 0 Å². The number of oxime groups is 1. The summed E-state index contributed by atoms with van der Waals surface area (Å²) in [5.41, 5.74) is 16.9. The molecule has 0 amide bonds. The highest BCUT2D eigenvalue weighted by Crippen LogP contribution is 2.08. The van der Waals surface area contributed by atoms with Crippen molar-refractivity contribution in [1.82, 2.24) is 15.2 Å². The van der Waals surface area contributed by atoms with Crippen LogP contribution in [-0.4, -0.2) is 51.3 Å². The molecule has 11 heteroatoms. The molecule has 0 aliphatic carbocycles. The minimum atomic E-state index is -0.227. The minimum Gasteiger partial charge on any atom is -0.409 e. The zero-order chi connectivity index (χ0) is 13.8. The van der Waals surface area contributed by atoms with Crippen LogP contribution in [0.1, 0.15) is 12.1 Å². The largest absolute Gasteiger partial charge is 0.409 e. The molecule has 0 atom stereocenters. The molecule has 11 nitrogen and oxygen atoms in total. The molecule has 0 radical (unpaired) electrons. The third-order valence-electron chi connectivity index (χ3n) is 2.41. The van der Waals surface area contributed by atoms with E-state index >= 15 is 0 Å². The van der Waals surface area contributed by atoms with E-state index in [-0.39, 0.29) is 29.3 Å². The summed E-state index contributed by atoms with van der Waals surface area (Å²) in [6.07, 6.45) is 0.788. The monoisotopic (exact) mass is 267 g/mol. The van der Waals surface area contributed by atoms with E-state index in [0.717, 1.165) is 6.42 Å². The van der Waals surface area contributed by atoms with Gasteiger partial charge in [-0.05, 0) is 16.7 Å². The number of hydrogen-bond donors (Lipinski definition) is 4. The number of hydrogen-bond acceptors (Lipinski definition) is 8. The van der Waals surface area contributed by atoms with Crippen LogP contribution in [-0.2, 0) is 0 Å². The van der Waals surface area contributed by atoms with Crippen molar-refractivity contribution in [1.29, 1.82) is 0 Å². The molecule has 102 valence electrons. The van der Waals surface area contributed by atoms with Crippen molar-refractivity contribution in [2.75, 3.05) is 18.8 Å². The summed E-state index contributed by atoms with van der Waals surface area (Å²) in [6, 6.07) is 0. The number of anilines is 1. The van der Waals surface area contributed by atoms with Crippen molar-refractivity contribution >= 4 is 23.6 Å². The van der Waals surface area contributed by atoms with Crippen LogP contribution in [0.5, 0.6) is 0 Å². The molecule has 1 aromatic rings. The molecule has 0 spiro atoms. The number of aliphatic imine (C=N–C) groups is 2. The highest BCUT2D eigenvalue weighted by Gasteiger charge is 2.19. The van der Waals surface area contributed by atoms with Crippen LogP contribution >= 0.6 is 0 Å². The number of aromatic nitrogens is 2.